The number of esters is 1. The molecule has 1 unspecified atom stereocenters. The van der Waals surface area contributed by atoms with Crippen LogP contribution in [-0.2, 0) is 24.2 Å². The van der Waals surface area contributed by atoms with Gasteiger partial charge < -0.3 is 10.1 Å². The topological polar surface area (TPSA) is 107 Å². The Bertz CT molecular complexity index is 796. The molecule has 3 rings (SSSR count). The van der Waals surface area contributed by atoms with Gasteiger partial charge in [0.2, 0.25) is 0 Å². The number of ether oxygens (including phenoxy) is 1. The zero-order valence-electron chi connectivity index (χ0n) is 15.6. The number of hydrogen-bond acceptors (Lipinski definition) is 6. The Morgan fingerprint density at radius 1 is 1.30 bits per heavy atom. The van der Waals surface area contributed by atoms with Crippen molar-refractivity contribution in [2.45, 2.75) is 57.9 Å². The van der Waals surface area contributed by atoms with E-state index in [0.717, 1.165) is 6.42 Å². The molecule has 2 fully saturated rings. The third-order valence-electron chi connectivity index (χ3n) is 5.28. The minimum Gasteiger partial charge on any atom is -0.456 e. The zero-order chi connectivity index (χ0) is 19.4. The van der Waals surface area contributed by atoms with Gasteiger partial charge in [0.1, 0.15) is 5.82 Å². The van der Waals surface area contributed by atoms with Crippen molar-refractivity contribution in [1.29, 1.82) is 0 Å². The maximum Gasteiger partial charge on any atom is 0.306 e. The molecule has 9 heteroatoms. The first-order chi connectivity index (χ1) is 12.8. The molecule has 150 valence electrons. The highest BCUT2D eigenvalue weighted by Gasteiger charge is 2.31. The second kappa shape index (κ2) is 8.41. The van der Waals surface area contributed by atoms with Gasteiger partial charge in [-0.1, -0.05) is 25.7 Å². The number of aryl methyl sites for hydroxylation is 1. The van der Waals surface area contributed by atoms with E-state index < -0.39 is 15.7 Å². The molecule has 27 heavy (non-hydrogen) atoms. The smallest absolute Gasteiger partial charge is 0.306 e. The molecule has 1 aromatic heterocycles. The van der Waals surface area contributed by atoms with Crippen LogP contribution >= 0.6 is 0 Å². The van der Waals surface area contributed by atoms with E-state index in [4.69, 9.17) is 4.74 Å². The molecule has 2 heterocycles. The molecule has 0 bridgehead atoms. The minimum absolute atomic E-state index is 0.0210. The first-order valence-corrected chi connectivity index (χ1v) is 11.4. The minimum atomic E-state index is -3.06. The summed E-state index contributed by atoms with van der Waals surface area (Å²) in [5, 5.41) is 6.99. The summed E-state index contributed by atoms with van der Waals surface area (Å²) in [6, 6.07) is 1.40. The molecule has 1 aliphatic carbocycles. The average Bonchev–Trinajstić information content (AvgIpc) is 3.31. The predicted molar refractivity (Wildman–Crippen MR) is 100 cm³/mol. The van der Waals surface area contributed by atoms with Crippen molar-refractivity contribution in [3.8, 4) is 0 Å². The molecule has 0 aromatic carbocycles. The fourth-order valence-corrected chi connectivity index (χ4v) is 5.57. The van der Waals surface area contributed by atoms with Gasteiger partial charge >= 0.3 is 5.97 Å². The molecule has 1 aromatic rings. The standard InChI is InChI=1S/C18H27N3O5S/c1-13-10-16(21(20-13)15-8-9-27(24,25)12-15)19-17(22)11-26-18(23)7-6-14-4-2-3-5-14/h10,14-15H,2-9,11-12H2,1H3,(H,19,22). The summed E-state index contributed by atoms with van der Waals surface area (Å²) in [5.41, 5.74) is 0.683. The number of rotatable bonds is 7. The van der Waals surface area contributed by atoms with Gasteiger partial charge in [0.05, 0.1) is 23.2 Å². The van der Waals surface area contributed by atoms with Crippen LogP contribution in [0.3, 0.4) is 0 Å². The van der Waals surface area contributed by atoms with E-state index in [1.54, 1.807) is 17.7 Å². The molecule has 1 saturated heterocycles. The SMILES string of the molecule is Cc1cc(NC(=O)COC(=O)CCC2CCCC2)n(C2CCS(=O)(=O)C2)n1. The van der Waals surface area contributed by atoms with Gasteiger partial charge in [-0.25, -0.2) is 13.1 Å². The Morgan fingerprint density at radius 2 is 2.04 bits per heavy atom. The Hall–Kier alpha value is -1.90. The van der Waals surface area contributed by atoms with E-state index in [1.807, 2.05) is 0 Å². The van der Waals surface area contributed by atoms with Gasteiger partial charge in [0.25, 0.3) is 5.91 Å². The summed E-state index contributed by atoms with van der Waals surface area (Å²) in [7, 11) is -3.06. The van der Waals surface area contributed by atoms with Crippen LogP contribution in [0.5, 0.6) is 0 Å². The van der Waals surface area contributed by atoms with E-state index in [0.29, 0.717) is 30.3 Å². The Kier molecular flexibility index (Phi) is 6.18. The molecule has 0 spiro atoms. The predicted octanol–water partition coefficient (Wildman–Crippen LogP) is 2.00. The van der Waals surface area contributed by atoms with E-state index >= 15 is 0 Å². The van der Waals surface area contributed by atoms with Gasteiger partial charge in [-0.2, -0.15) is 5.10 Å². The van der Waals surface area contributed by atoms with Crippen LogP contribution in [-0.4, -0.2) is 48.2 Å². The maximum absolute atomic E-state index is 12.1. The summed E-state index contributed by atoms with van der Waals surface area (Å²) >= 11 is 0. The van der Waals surface area contributed by atoms with Crippen molar-refractivity contribution in [1.82, 2.24) is 9.78 Å². The van der Waals surface area contributed by atoms with Crippen LogP contribution in [0.15, 0.2) is 6.07 Å². The Labute approximate surface area is 159 Å². The van der Waals surface area contributed by atoms with Crippen LogP contribution in [0.2, 0.25) is 0 Å². The number of sulfone groups is 1. The highest BCUT2D eigenvalue weighted by atomic mass is 32.2. The summed E-state index contributed by atoms with van der Waals surface area (Å²) < 4.78 is 30.0. The molecule has 1 saturated carbocycles. The molecule has 1 atom stereocenters. The number of carbonyl (C=O) groups excluding carboxylic acids is 2. The second-order valence-electron chi connectivity index (χ2n) is 7.57. The van der Waals surface area contributed by atoms with Crippen LogP contribution in [0, 0.1) is 12.8 Å². The fraction of sp³-hybridized carbons (Fsp3) is 0.722. The normalized spacial score (nSPS) is 22.0. The van der Waals surface area contributed by atoms with Crippen molar-refractivity contribution in [2.75, 3.05) is 23.4 Å². The number of carbonyl (C=O) groups is 2. The monoisotopic (exact) mass is 397 g/mol. The molecule has 1 aliphatic heterocycles. The maximum atomic E-state index is 12.1. The molecule has 2 aliphatic rings. The lowest BCUT2D eigenvalue weighted by Gasteiger charge is -2.14. The largest absolute Gasteiger partial charge is 0.456 e. The Balaban J connectivity index is 1.48. The van der Waals surface area contributed by atoms with E-state index in [1.165, 1.54) is 25.7 Å². The van der Waals surface area contributed by atoms with Crippen molar-refractivity contribution in [3.05, 3.63) is 11.8 Å². The lowest BCUT2D eigenvalue weighted by molar-refractivity contribution is -0.147. The zero-order valence-corrected chi connectivity index (χ0v) is 16.5. The van der Waals surface area contributed by atoms with Crippen LogP contribution in [0.25, 0.3) is 0 Å². The van der Waals surface area contributed by atoms with Crippen molar-refractivity contribution < 1.29 is 22.7 Å². The first-order valence-electron chi connectivity index (χ1n) is 9.54. The van der Waals surface area contributed by atoms with Crippen LogP contribution in [0.4, 0.5) is 5.82 Å². The lowest BCUT2D eigenvalue weighted by Crippen LogP contribution is -2.24. The summed E-state index contributed by atoms with van der Waals surface area (Å²) in [6.07, 6.45) is 6.46. The molecular weight excluding hydrogens is 370 g/mol. The van der Waals surface area contributed by atoms with Crippen LogP contribution in [0.1, 0.15) is 56.7 Å². The number of anilines is 1. The number of amides is 1. The van der Waals surface area contributed by atoms with Crippen molar-refractivity contribution in [3.63, 3.8) is 0 Å². The van der Waals surface area contributed by atoms with Crippen molar-refractivity contribution >= 4 is 27.5 Å². The van der Waals surface area contributed by atoms with E-state index in [2.05, 4.69) is 10.4 Å². The molecular formula is C18H27N3O5S. The quantitative estimate of drug-likeness (QED) is 0.705. The summed E-state index contributed by atoms with van der Waals surface area (Å²) in [5.74, 6) is 0.373. The molecule has 1 N–H and O–H groups in total. The number of nitrogens with zero attached hydrogens (tertiary/aromatic N) is 2. The van der Waals surface area contributed by atoms with E-state index in [9.17, 15) is 18.0 Å². The molecule has 8 nitrogen and oxygen atoms in total. The third kappa shape index (κ3) is 5.54. The third-order valence-corrected chi connectivity index (χ3v) is 7.03. The lowest BCUT2D eigenvalue weighted by atomic mass is 10.0. The first kappa shape index (κ1) is 19.9. The van der Waals surface area contributed by atoms with Gasteiger partial charge in [0.15, 0.2) is 16.4 Å². The second-order valence-corrected chi connectivity index (χ2v) is 9.80. The van der Waals surface area contributed by atoms with Gasteiger partial charge in [0, 0.05) is 12.5 Å². The Morgan fingerprint density at radius 3 is 2.70 bits per heavy atom. The highest BCUT2D eigenvalue weighted by Crippen LogP contribution is 2.29. The molecule has 0 radical (unpaired) electrons. The summed E-state index contributed by atoms with van der Waals surface area (Å²) in [6.45, 7) is 1.43. The van der Waals surface area contributed by atoms with Crippen molar-refractivity contribution in [2.24, 2.45) is 5.92 Å². The number of aromatic nitrogens is 2. The number of hydrogen-bond donors (Lipinski definition) is 1. The fourth-order valence-electron chi connectivity index (χ4n) is 3.87. The van der Waals surface area contributed by atoms with Crippen LogP contribution < -0.4 is 5.32 Å². The molecule has 1 amide bonds. The van der Waals surface area contributed by atoms with Gasteiger partial charge in [-0.15, -0.1) is 0 Å². The summed E-state index contributed by atoms with van der Waals surface area (Å²) in [4.78, 5) is 24.0. The van der Waals surface area contributed by atoms with Gasteiger partial charge in [-0.3, -0.25) is 9.59 Å². The van der Waals surface area contributed by atoms with E-state index in [-0.39, 0.29) is 30.1 Å². The number of nitrogens with one attached hydrogen (secondary N) is 1. The highest BCUT2D eigenvalue weighted by molar-refractivity contribution is 7.91. The van der Waals surface area contributed by atoms with Gasteiger partial charge in [-0.05, 0) is 25.7 Å². The average molecular weight is 397 g/mol.